The molecule has 3 unspecified atom stereocenters. The van der Waals surface area contributed by atoms with Gasteiger partial charge in [-0.15, -0.1) is 0 Å². The van der Waals surface area contributed by atoms with E-state index in [9.17, 15) is 14.7 Å². The first-order valence-corrected chi connectivity index (χ1v) is 7.45. The maximum absolute atomic E-state index is 12.6. The average Bonchev–Trinajstić information content (AvgIpc) is 2.79. The van der Waals surface area contributed by atoms with Gasteiger partial charge < -0.3 is 10.0 Å². The van der Waals surface area contributed by atoms with E-state index in [0.29, 0.717) is 12.3 Å². The van der Waals surface area contributed by atoms with Crippen LogP contribution in [-0.2, 0) is 9.59 Å². The maximum atomic E-state index is 12.6. The number of carbonyl (C=O) groups excluding carboxylic acids is 1. The lowest BCUT2D eigenvalue weighted by molar-refractivity contribution is -0.149. The van der Waals surface area contributed by atoms with Crippen molar-refractivity contribution in [2.75, 3.05) is 6.54 Å². The number of carbonyl (C=O) groups is 2. The van der Waals surface area contributed by atoms with Crippen LogP contribution in [0.3, 0.4) is 0 Å². The summed E-state index contributed by atoms with van der Waals surface area (Å²) in [7, 11) is 0. The number of hydrogen-bond acceptors (Lipinski definition) is 2. The van der Waals surface area contributed by atoms with Crippen LogP contribution in [0.5, 0.6) is 0 Å². The fraction of sp³-hybridized carbons (Fsp3) is 0.867. The number of aliphatic carboxylic acids is 1. The lowest BCUT2D eigenvalue weighted by atomic mass is 9.94. The van der Waals surface area contributed by atoms with Crippen LogP contribution in [0.1, 0.15) is 53.4 Å². The molecule has 1 N–H and O–H groups in total. The minimum atomic E-state index is -0.811. The molecule has 0 aromatic carbocycles. The second-order valence-electron chi connectivity index (χ2n) is 5.92. The Morgan fingerprint density at radius 2 is 1.79 bits per heavy atom. The lowest BCUT2D eigenvalue weighted by Gasteiger charge is -2.30. The minimum Gasteiger partial charge on any atom is -0.481 e. The Kier molecular flexibility index (Phi) is 5.83. The summed E-state index contributed by atoms with van der Waals surface area (Å²) in [5.41, 5.74) is 0. The molecule has 0 heterocycles. The van der Waals surface area contributed by atoms with Gasteiger partial charge in [-0.05, 0) is 39.0 Å². The molecular formula is C15H27NO3. The normalized spacial score (nSPS) is 26.7. The molecule has 0 bridgehead atoms. The van der Waals surface area contributed by atoms with Crippen molar-refractivity contribution in [1.82, 2.24) is 4.90 Å². The van der Waals surface area contributed by atoms with E-state index in [1.807, 2.05) is 25.7 Å². The number of carboxylic acids is 1. The van der Waals surface area contributed by atoms with Gasteiger partial charge in [-0.2, -0.15) is 0 Å². The smallest absolute Gasteiger partial charge is 0.307 e. The van der Waals surface area contributed by atoms with Crippen LogP contribution in [-0.4, -0.2) is 34.5 Å². The zero-order valence-electron chi connectivity index (χ0n) is 12.6. The van der Waals surface area contributed by atoms with Gasteiger partial charge in [0.15, 0.2) is 0 Å². The van der Waals surface area contributed by atoms with Crippen LogP contribution in [0.15, 0.2) is 0 Å². The molecule has 0 aliphatic heterocycles. The van der Waals surface area contributed by atoms with E-state index in [0.717, 1.165) is 25.8 Å². The van der Waals surface area contributed by atoms with Crippen molar-refractivity contribution in [1.29, 1.82) is 0 Å². The van der Waals surface area contributed by atoms with Gasteiger partial charge in [-0.3, -0.25) is 9.59 Å². The van der Waals surface area contributed by atoms with Gasteiger partial charge >= 0.3 is 5.97 Å². The van der Waals surface area contributed by atoms with E-state index in [1.165, 1.54) is 0 Å². The van der Waals surface area contributed by atoms with Gasteiger partial charge in [-0.1, -0.05) is 20.3 Å². The number of rotatable bonds is 6. The Hall–Kier alpha value is -1.06. The second-order valence-corrected chi connectivity index (χ2v) is 5.92. The van der Waals surface area contributed by atoms with Crippen LogP contribution in [0.4, 0.5) is 0 Å². The molecule has 1 saturated carbocycles. The molecule has 1 aliphatic carbocycles. The molecule has 1 fully saturated rings. The van der Waals surface area contributed by atoms with E-state index in [2.05, 4.69) is 6.92 Å². The van der Waals surface area contributed by atoms with E-state index in [1.54, 1.807) is 0 Å². The predicted molar refractivity (Wildman–Crippen MR) is 74.8 cm³/mol. The van der Waals surface area contributed by atoms with Gasteiger partial charge in [0.05, 0.1) is 11.8 Å². The van der Waals surface area contributed by atoms with Gasteiger partial charge in [0, 0.05) is 12.6 Å². The van der Waals surface area contributed by atoms with Crippen molar-refractivity contribution >= 4 is 11.9 Å². The molecule has 4 nitrogen and oxygen atoms in total. The Morgan fingerprint density at radius 1 is 1.21 bits per heavy atom. The summed E-state index contributed by atoms with van der Waals surface area (Å²) in [6.07, 6.45) is 3.26. The zero-order chi connectivity index (χ0) is 14.6. The zero-order valence-corrected chi connectivity index (χ0v) is 12.6. The SMILES string of the molecule is CCCN(C(=O)C1CC(CC)CC1C(=O)O)C(C)C. The monoisotopic (exact) mass is 269 g/mol. The summed E-state index contributed by atoms with van der Waals surface area (Å²) in [5.74, 6) is -1.20. The Balaban J connectivity index is 2.85. The summed E-state index contributed by atoms with van der Waals surface area (Å²) in [4.78, 5) is 25.8. The van der Waals surface area contributed by atoms with Gasteiger partial charge in [0.25, 0.3) is 0 Å². The topological polar surface area (TPSA) is 57.6 Å². The average molecular weight is 269 g/mol. The first-order valence-electron chi connectivity index (χ1n) is 7.45. The van der Waals surface area contributed by atoms with Crippen LogP contribution in [0.25, 0.3) is 0 Å². The van der Waals surface area contributed by atoms with E-state index in [4.69, 9.17) is 0 Å². The van der Waals surface area contributed by atoms with E-state index in [-0.39, 0.29) is 17.9 Å². The van der Waals surface area contributed by atoms with E-state index >= 15 is 0 Å². The van der Waals surface area contributed by atoms with Crippen molar-refractivity contribution in [3.8, 4) is 0 Å². The number of hydrogen-bond donors (Lipinski definition) is 1. The summed E-state index contributed by atoms with van der Waals surface area (Å²) in [5, 5.41) is 9.33. The van der Waals surface area contributed by atoms with Crippen molar-refractivity contribution in [3.05, 3.63) is 0 Å². The summed E-state index contributed by atoms with van der Waals surface area (Å²) < 4.78 is 0. The van der Waals surface area contributed by atoms with E-state index < -0.39 is 11.9 Å². The fourth-order valence-corrected chi connectivity index (χ4v) is 3.10. The molecule has 0 spiro atoms. The maximum Gasteiger partial charge on any atom is 0.307 e. The standard InChI is InChI=1S/C15H27NO3/c1-5-7-16(10(3)4)14(17)12-8-11(6-2)9-13(12)15(18)19/h10-13H,5-9H2,1-4H3,(H,18,19). The summed E-state index contributed by atoms with van der Waals surface area (Å²) in [6, 6.07) is 0.141. The molecule has 4 heteroatoms. The molecule has 0 radical (unpaired) electrons. The fourth-order valence-electron chi connectivity index (χ4n) is 3.10. The predicted octanol–water partition coefficient (Wildman–Crippen LogP) is 2.77. The third kappa shape index (κ3) is 3.71. The highest BCUT2D eigenvalue weighted by Gasteiger charge is 2.43. The molecule has 110 valence electrons. The van der Waals surface area contributed by atoms with Crippen molar-refractivity contribution < 1.29 is 14.7 Å². The van der Waals surface area contributed by atoms with Crippen LogP contribution in [0.2, 0.25) is 0 Å². The van der Waals surface area contributed by atoms with Crippen molar-refractivity contribution in [3.63, 3.8) is 0 Å². The molecule has 0 aromatic rings. The first kappa shape index (κ1) is 16.0. The lowest BCUT2D eigenvalue weighted by Crippen LogP contribution is -2.43. The summed E-state index contributed by atoms with van der Waals surface area (Å²) in [6.45, 7) is 8.82. The van der Waals surface area contributed by atoms with Gasteiger partial charge in [-0.25, -0.2) is 0 Å². The van der Waals surface area contributed by atoms with Gasteiger partial charge in [0.2, 0.25) is 5.91 Å². The first-order chi connectivity index (χ1) is 8.92. The quantitative estimate of drug-likeness (QED) is 0.806. The molecule has 0 saturated heterocycles. The highest BCUT2D eigenvalue weighted by molar-refractivity contribution is 5.85. The molecule has 19 heavy (non-hydrogen) atoms. The number of nitrogens with zero attached hydrogens (tertiary/aromatic N) is 1. The van der Waals surface area contributed by atoms with Crippen LogP contribution >= 0.6 is 0 Å². The summed E-state index contributed by atoms with van der Waals surface area (Å²) >= 11 is 0. The highest BCUT2D eigenvalue weighted by atomic mass is 16.4. The highest BCUT2D eigenvalue weighted by Crippen LogP contribution is 2.39. The Morgan fingerprint density at radius 3 is 2.21 bits per heavy atom. The third-order valence-corrected chi connectivity index (χ3v) is 4.24. The Bertz CT molecular complexity index is 327. The molecule has 1 amide bonds. The molecule has 1 rings (SSSR count). The molecule has 0 aromatic heterocycles. The van der Waals surface area contributed by atoms with Crippen LogP contribution < -0.4 is 0 Å². The van der Waals surface area contributed by atoms with Crippen molar-refractivity contribution in [2.24, 2.45) is 17.8 Å². The molecule has 3 atom stereocenters. The Labute approximate surface area is 116 Å². The second kappa shape index (κ2) is 6.92. The minimum absolute atomic E-state index is 0.0419. The van der Waals surface area contributed by atoms with Gasteiger partial charge in [0.1, 0.15) is 0 Å². The third-order valence-electron chi connectivity index (χ3n) is 4.24. The largest absolute Gasteiger partial charge is 0.481 e. The van der Waals surface area contributed by atoms with Crippen LogP contribution in [0, 0.1) is 17.8 Å². The molecule has 1 aliphatic rings. The molecular weight excluding hydrogens is 242 g/mol. The van der Waals surface area contributed by atoms with Crippen molar-refractivity contribution in [2.45, 2.75) is 59.4 Å². The number of carboxylic acid groups (broad SMARTS) is 1. The number of amides is 1.